The van der Waals surface area contributed by atoms with E-state index < -0.39 is 10.0 Å². The van der Waals surface area contributed by atoms with Crippen molar-refractivity contribution in [2.45, 2.75) is 24.8 Å². The summed E-state index contributed by atoms with van der Waals surface area (Å²) in [6.07, 6.45) is 0. The van der Waals surface area contributed by atoms with Crippen molar-refractivity contribution in [1.29, 1.82) is 0 Å². The topological polar surface area (TPSA) is 66.5 Å². The van der Waals surface area contributed by atoms with Gasteiger partial charge in [-0.25, -0.2) is 8.42 Å². The van der Waals surface area contributed by atoms with E-state index in [4.69, 9.17) is 23.2 Å². The molecule has 0 aliphatic carbocycles. The van der Waals surface area contributed by atoms with Crippen LogP contribution in [-0.2, 0) is 14.8 Å². The molecule has 0 fully saturated rings. The fourth-order valence-corrected chi connectivity index (χ4v) is 3.37. The predicted molar refractivity (Wildman–Crippen MR) is 79.6 cm³/mol. The van der Waals surface area contributed by atoms with Crippen LogP contribution in [0.2, 0.25) is 10.0 Å². The number of amides is 1. The second-order valence-corrected chi connectivity index (χ2v) is 7.51. The summed E-state index contributed by atoms with van der Waals surface area (Å²) in [6.45, 7) is 3.32. The second-order valence-electron chi connectivity index (χ2n) is 4.59. The highest BCUT2D eigenvalue weighted by Crippen LogP contribution is 2.24. The number of halogens is 2. The average molecular weight is 339 g/mol. The molecule has 112 valence electrons. The number of likely N-dealkylation sites (N-methyl/N-ethyl adjacent to an activating group) is 1. The van der Waals surface area contributed by atoms with Crippen LogP contribution in [0.5, 0.6) is 0 Å². The summed E-state index contributed by atoms with van der Waals surface area (Å²) in [4.78, 5) is 11.6. The fourth-order valence-electron chi connectivity index (χ4n) is 1.51. The Morgan fingerprint density at radius 1 is 1.25 bits per heavy atom. The van der Waals surface area contributed by atoms with E-state index >= 15 is 0 Å². The van der Waals surface area contributed by atoms with Crippen molar-refractivity contribution >= 4 is 39.1 Å². The lowest BCUT2D eigenvalue weighted by molar-refractivity contribution is -0.121. The summed E-state index contributed by atoms with van der Waals surface area (Å²) in [5.74, 6) is -0.376. The molecule has 20 heavy (non-hydrogen) atoms. The van der Waals surface area contributed by atoms with Crippen LogP contribution >= 0.6 is 23.2 Å². The zero-order chi connectivity index (χ0) is 15.5. The molecule has 0 radical (unpaired) electrons. The molecule has 1 N–H and O–H groups in total. The first-order chi connectivity index (χ1) is 9.12. The maximum absolute atomic E-state index is 12.3. The Kier molecular flexibility index (Phi) is 5.82. The van der Waals surface area contributed by atoms with Crippen molar-refractivity contribution in [2.75, 3.05) is 13.6 Å². The minimum absolute atomic E-state index is 0.0464. The Hall–Kier alpha value is -0.820. The van der Waals surface area contributed by atoms with E-state index in [9.17, 15) is 13.2 Å². The number of sulfonamides is 1. The molecule has 0 aliphatic rings. The summed E-state index contributed by atoms with van der Waals surface area (Å²) in [5, 5.41) is 3.06. The van der Waals surface area contributed by atoms with Crippen molar-refractivity contribution in [2.24, 2.45) is 0 Å². The van der Waals surface area contributed by atoms with E-state index in [0.717, 1.165) is 4.31 Å². The van der Waals surface area contributed by atoms with Gasteiger partial charge < -0.3 is 5.32 Å². The lowest BCUT2D eigenvalue weighted by Crippen LogP contribution is -2.40. The van der Waals surface area contributed by atoms with Crippen LogP contribution in [-0.4, -0.2) is 38.3 Å². The van der Waals surface area contributed by atoms with Gasteiger partial charge in [0, 0.05) is 23.1 Å². The molecular weight excluding hydrogens is 323 g/mol. The minimum Gasteiger partial charge on any atom is -0.353 e. The van der Waals surface area contributed by atoms with Crippen LogP contribution in [0.3, 0.4) is 0 Å². The highest BCUT2D eigenvalue weighted by atomic mass is 35.5. The van der Waals surface area contributed by atoms with Gasteiger partial charge in [0.15, 0.2) is 0 Å². The van der Waals surface area contributed by atoms with Crippen LogP contribution in [0.15, 0.2) is 23.1 Å². The van der Waals surface area contributed by atoms with Gasteiger partial charge in [-0.15, -0.1) is 0 Å². The van der Waals surface area contributed by atoms with Crippen molar-refractivity contribution < 1.29 is 13.2 Å². The van der Waals surface area contributed by atoms with Crippen LogP contribution in [0.1, 0.15) is 13.8 Å². The van der Waals surface area contributed by atoms with Gasteiger partial charge >= 0.3 is 0 Å². The van der Waals surface area contributed by atoms with E-state index in [1.807, 2.05) is 0 Å². The Morgan fingerprint density at radius 3 is 2.20 bits per heavy atom. The Balaban J connectivity index is 2.95. The summed E-state index contributed by atoms with van der Waals surface area (Å²) < 4.78 is 25.5. The van der Waals surface area contributed by atoms with Gasteiger partial charge in [0.25, 0.3) is 0 Å². The van der Waals surface area contributed by atoms with Gasteiger partial charge in [-0.2, -0.15) is 4.31 Å². The van der Waals surface area contributed by atoms with E-state index in [-0.39, 0.29) is 33.4 Å². The lowest BCUT2D eigenvalue weighted by Gasteiger charge is -2.18. The number of rotatable bonds is 5. The van der Waals surface area contributed by atoms with E-state index in [1.165, 1.54) is 25.2 Å². The maximum atomic E-state index is 12.3. The van der Waals surface area contributed by atoms with Gasteiger partial charge in [-0.3, -0.25) is 4.79 Å². The SMILES string of the molecule is CC(C)NC(=O)CN(C)S(=O)(=O)c1cc(Cl)cc(Cl)c1. The van der Waals surface area contributed by atoms with Crippen LogP contribution in [0, 0.1) is 0 Å². The largest absolute Gasteiger partial charge is 0.353 e. The van der Waals surface area contributed by atoms with Crippen molar-refractivity contribution in [1.82, 2.24) is 9.62 Å². The van der Waals surface area contributed by atoms with Crippen molar-refractivity contribution in [3.63, 3.8) is 0 Å². The summed E-state index contributed by atoms with van der Waals surface area (Å²) in [5.41, 5.74) is 0. The highest BCUT2D eigenvalue weighted by Gasteiger charge is 2.23. The molecule has 1 aromatic carbocycles. The zero-order valence-electron chi connectivity index (χ0n) is 11.4. The van der Waals surface area contributed by atoms with Crippen LogP contribution in [0.25, 0.3) is 0 Å². The molecule has 0 bridgehead atoms. The van der Waals surface area contributed by atoms with Gasteiger partial charge in [-0.1, -0.05) is 23.2 Å². The third-order valence-corrected chi connectivity index (χ3v) is 4.58. The molecular formula is C12H16Cl2N2O3S. The third kappa shape index (κ3) is 4.63. The normalized spacial score (nSPS) is 11.9. The van der Waals surface area contributed by atoms with Gasteiger partial charge in [0.1, 0.15) is 0 Å². The summed E-state index contributed by atoms with van der Waals surface area (Å²) >= 11 is 11.6. The fraction of sp³-hybridized carbons (Fsp3) is 0.417. The number of carbonyl (C=O) groups is 1. The molecule has 1 amide bonds. The maximum Gasteiger partial charge on any atom is 0.243 e. The Bertz CT molecular complexity index is 582. The minimum atomic E-state index is -3.81. The number of benzene rings is 1. The van der Waals surface area contributed by atoms with E-state index in [1.54, 1.807) is 13.8 Å². The first kappa shape index (κ1) is 17.2. The highest BCUT2D eigenvalue weighted by molar-refractivity contribution is 7.89. The predicted octanol–water partition coefficient (Wildman–Crippen LogP) is 2.14. The number of hydrogen-bond acceptors (Lipinski definition) is 3. The van der Waals surface area contributed by atoms with Gasteiger partial charge in [0.05, 0.1) is 11.4 Å². The molecule has 1 aromatic rings. The molecule has 0 aliphatic heterocycles. The molecule has 0 unspecified atom stereocenters. The number of carbonyl (C=O) groups excluding carboxylic acids is 1. The lowest BCUT2D eigenvalue weighted by atomic mass is 10.4. The molecule has 8 heteroatoms. The molecule has 5 nitrogen and oxygen atoms in total. The zero-order valence-corrected chi connectivity index (χ0v) is 13.7. The molecule has 1 rings (SSSR count). The van der Waals surface area contributed by atoms with Crippen LogP contribution in [0.4, 0.5) is 0 Å². The number of nitrogens with zero attached hydrogens (tertiary/aromatic N) is 1. The van der Waals surface area contributed by atoms with E-state index in [2.05, 4.69) is 5.32 Å². The van der Waals surface area contributed by atoms with Gasteiger partial charge in [0.2, 0.25) is 15.9 Å². The Labute approximate surface area is 128 Å². The first-order valence-electron chi connectivity index (χ1n) is 5.84. The third-order valence-electron chi connectivity index (χ3n) is 2.36. The monoisotopic (exact) mass is 338 g/mol. The molecule has 0 aromatic heterocycles. The van der Waals surface area contributed by atoms with E-state index in [0.29, 0.717) is 0 Å². The number of hydrogen-bond donors (Lipinski definition) is 1. The Morgan fingerprint density at radius 2 is 1.75 bits per heavy atom. The standard InChI is InChI=1S/C12H16Cl2N2O3S/c1-8(2)15-12(17)7-16(3)20(18,19)11-5-9(13)4-10(14)6-11/h4-6,8H,7H2,1-3H3,(H,15,17). The molecule has 0 heterocycles. The van der Waals surface area contributed by atoms with Crippen LogP contribution < -0.4 is 5.32 Å². The summed E-state index contributed by atoms with van der Waals surface area (Å²) in [7, 11) is -2.49. The summed E-state index contributed by atoms with van der Waals surface area (Å²) in [6, 6.07) is 3.96. The quantitative estimate of drug-likeness (QED) is 0.894. The molecule has 0 saturated heterocycles. The van der Waals surface area contributed by atoms with Crippen molar-refractivity contribution in [3.05, 3.63) is 28.2 Å². The molecule has 0 atom stereocenters. The molecule has 0 spiro atoms. The second kappa shape index (κ2) is 6.76. The first-order valence-corrected chi connectivity index (χ1v) is 8.04. The van der Waals surface area contributed by atoms with Gasteiger partial charge in [-0.05, 0) is 32.0 Å². The smallest absolute Gasteiger partial charge is 0.243 e. The average Bonchev–Trinajstić information content (AvgIpc) is 2.25. The van der Waals surface area contributed by atoms with Crippen molar-refractivity contribution in [3.8, 4) is 0 Å². The number of nitrogens with one attached hydrogen (secondary N) is 1. The molecule has 0 saturated carbocycles.